The number of fused-ring (bicyclic) bond motifs is 5. The Morgan fingerprint density at radius 3 is 2.21 bits per heavy atom. The van der Waals surface area contributed by atoms with Gasteiger partial charge in [-0.2, -0.15) is 16.8 Å². The standard InChI is InChI=1S/C27H46O10S2/c1-17(16-36-38(30,31)32)6-5-7-18(2)21-8-9-22-26(21,4)13-11-23-25(3)12-10-20(37-39(33,34)35)14-19(25)15-24(28)27(22,23)29/h5,7,17-24,28-29H,6,8-16H2,1-4H3,(H,30,31,32)(H,33,34,35). The Hall–Kier alpha value is -0.600. The van der Waals surface area contributed by atoms with Gasteiger partial charge in [0.1, 0.15) is 0 Å². The van der Waals surface area contributed by atoms with E-state index in [1.165, 1.54) is 0 Å². The van der Waals surface area contributed by atoms with Crippen LogP contribution in [-0.4, -0.2) is 60.6 Å². The lowest BCUT2D eigenvalue weighted by Crippen LogP contribution is -2.69. The summed E-state index contributed by atoms with van der Waals surface area (Å²) >= 11 is 0. The SMILES string of the molecule is CC(CC=CC(C)C1CCC2C1(C)CCC1C3(C)CCC(OS(=O)(=O)O)CC3CC(O)C12O)COS(=O)(=O)O. The molecule has 0 aromatic heterocycles. The zero-order valence-corrected chi connectivity index (χ0v) is 25.0. The predicted molar refractivity (Wildman–Crippen MR) is 144 cm³/mol. The highest BCUT2D eigenvalue weighted by atomic mass is 32.3. The Labute approximate surface area is 233 Å². The molecule has 11 unspecified atom stereocenters. The van der Waals surface area contributed by atoms with Gasteiger partial charge in [-0.25, -0.2) is 8.37 Å². The van der Waals surface area contributed by atoms with E-state index in [0.29, 0.717) is 38.0 Å². The number of hydrogen-bond acceptors (Lipinski definition) is 8. The van der Waals surface area contributed by atoms with E-state index in [-0.39, 0.29) is 47.0 Å². The Morgan fingerprint density at radius 1 is 0.923 bits per heavy atom. The van der Waals surface area contributed by atoms with Crippen LogP contribution in [0, 0.1) is 46.3 Å². The first-order chi connectivity index (χ1) is 17.9. The lowest BCUT2D eigenvalue weighted by molar-refractivity contribution is -0.270. The predicted octanol–water partition coefficient (Wildman–Crippen LogP) is 3.96. The molecule has 4 fully saturated rings. The van der Waals surface area contributed by atoms with Crippen LogP contribution in [0.15, 0.2) is 12.2 Å². The van der Waals surface area contributed by atoms with Crippen molar-refractivity contribution in [2.24, 2.45) is 46.3 Å². The first-order valence-electron chi connectivity index (χ1n) is 14.2. The van der Waals surface area contributed by atoms with Crippen LogP contribution in [0.3, 0.4) is 0 Å². The zero-order chi connectivity index (χ0) is 29.0. The van der Waals surface area contributed by atoms with Crippen LogP contribution in [0.2, 0.25) is 0 Å². The first kappa shape index (κ1) is 31.3. The second kappa shape index (κ2) is 10.9. The van der Waals surface area contributed by atoms with Gasteiger partial charge in [-0.05, 0) is 104 Å². The molecule has 4 N–H and O–H groups in total. The lowest BCUT2D eigenvalue weighted by Gasteiger charge is -2.66. The maximum absolute atomic E-state index is 12.4. The number of aliphatic hydroxyl groups is 2. The minimum atomic E-state index is -4.54. The summed E-state index contributed by atoms with van der Waals surface area (Å²) in [6.07, 6.45) is 8.73. The highest BCUT2D eigenvalue weighted by Crippen LogP contribution is 2.69. The van der Waals surface area contributed by atoms with E-state index in [1.54, 1.807) is 0 Å². The van der Waals surface area contributed by atoms with Crippen molar-refractivity contribution < 1.29 is 44.5 Å². The topological polar surface area (TPSA) is 168 Å². The minimum Gasteiger partial charge on any atom is -0.390 e. The molecule has 0 aromatic rings. The summed E-state index contributed by atoms with van der Waals surface area (Å²) in [5, 5.41) is 23.9. The van der Waals surface area contributed by atoms with Crippen molar-refractivity contribution in [1.29, 1.82) is 0 Å². The van der Waals surface area contributed by atoms with E-state index < -0.39 is 38.6 Å². The molecule has 4 aliphatic rings. The first-order valence-corrected chi connectivity index (χ1v) is 17.0. The second-order valence-corrected chi connectivity index (χ2v) is 15.6. The second-order valence-electron chi connectivity index (χ2n) is 13.4. The van der Waals surface area contributed by atoms with Crippen molar-refractivity contribution in [3.05, 3.63) is 12.2 Å². The molecule has 0 spiro atoms. The molecule has 12 heteroatoms. The summed E-state index contributed by atoms with van der Waals surface area (Å²) in [6, 6.07) is 0. The molecule has 0 saturated heterocycles. The van der Waals surface area contributed by atoms with Gasteiger partial charge in [0.25, 0.3) is 0 Å². The highest BCUT2D eigenvalue weighted by molar-refractivity contribution is 7.81. The molecular weight excluding hydrogens is 548 g/mol. The Morgan fingerprint density at radius 2 is 1.56 bits per heavy atom. The largest absolute Gasteiger partial charge is 0.397 e. The van der Waals surface area contributed by atoms with Crippen molar-refractivity contribution in [2.75, 3.05) is 6.61 Å². The Balaban J connectivity index is 1.46. The zero-order valence-electron chi connectivity index (χ0n) is 23.4. The molecule has 0 aromatic carbocycles. The van der Waals surface area contributed by atoms with Crippen molar-refractivity contribution in [3.63, 3.8) is 0 Å². The third-order valence-electron chi connectivity index (χ3n) is 11.2. The minimum absolute atomic E-state index is 0.00604. The monoisotopic (exact) mass is 594 g/mol. The smallest absolute Gasteiger partial charge is 0.390 e. The molecular formula is C27H46O10S2. The summed E-state index contributed by atoms with van der Waals surface area (Å²) < 4.78 is 71.5. The van der Waals surface area contributed by atoms with Gasteiger partial charge >= 0.3 is 20.8 Å². The van der Waals surface area contributed by atoms with Gasteiger partial charge in [-0.3, -0.25) is 9.11 Å². The van der Waals surface area contributed by atoms with Crippen LogP contribution < -0.4 is 0 Å². The number of rotatable bonds is 9. The van der Waals surface area contributed by atoms with Gasteiger partial charge in [0.05, 0.1) is 24.4 Å². The third kappa shape index (κ3) is 6.14. The molecule has 4 saturated carbocycles. The quantitative estimate of drug-likeness (QED) is 0.227. The van der Waals surface area contributed by atoms with Gasteiger partial charge < -0.3 is 10.2 Å². The van der Waals surface area contributed by atoms with Crippen LogP contribution in [0.1, 0.15) is 85.5 Å². The fourth-order valence-electron chi connectivity index (χ4n) is 9.35. The van der Waals surface area contributed by atoms with E-state index in [4.69, 9.17) is 13.3 Å². The van der Waals surface area contributed by atoms with E-state index >= 15 is 0 Å². The average Bonchev–Trinajstić information content (AvgIpc) is 3.16. The molecule has 39 heavy (non-hydrogen) atoms. The molecule has 226 valence electrons. The highest BCUT2D eigenvalue weighted by Gasteiger charge is 2.69. The molecule has 0 bridgehead atoms. The molecule has 4 rings (SSSR count). The van der Waals surface area contributed by atoms with E-state index in [1.807, 2.05) is 13.0 Å². The summed E-state index contributed by atoms with van der Waals surface area (Å²) in [5.41, 5.74) is -1.61. The van der Waals surface area contributed by atoms with Crippen molar-refractivity contribution in [2.45, 2.75) is 103 Å². The lowest BCUT2D eigenvalue weighted by atomic mass is 9.42. The van der Waals surface area contributed by atoms with Crippen LogP contribution in [-0.2, 0) is 29.2 Å². The number of aliphatic hydroxyl groups excluding tert-OH is 1. The maximum atomic E-state index is 12.4. The molecule has 10 nitrogen and oxygen atoms in total. The summed E-state index contributed by atoms with van der Waals surface area (Å²) in [5.74, 6) is 0.315. The van der Waals surface area contributed by atoms with E-state index in [0.717, 1.165) is 25.7 Å². The van der Waals surface area contributed by atoms with Crippen molar-refractivity contribution in [1.82, 2.24) is 0 Å². The molecule has 0 amide bonds. The van der Waals surface area contributed by atoms with Gasteiger partial charge in [-0.1, -0.05) is 39.8 Å². The maximum Gasteiger partial charge on any atom is 0.397 e. The average molecular weight is 595 g/mol. The van der Waals surface area contributed by atoms with Crippen molar-refractivity contribution in [3.8, 4) is 0 Å². The van der Waals surface area contributed by atoms with Crippen LogP contribution in [0.5, 0.6) is 0 Å². The third-order valence-corrected chi connectivity index (χ3v) is 12.1. The summed E-state index contributed by atoms with van der Waals surface area (Å²) in [6.45, 7) is 8.38. The van der Waals surface area contributed by atoms with Crippen LogP contribution in [0.4, 0.5) is 0 Å². The van der Waals surface area contributed by atoms with Gasteiger partial charge in [0.15, 0.2) is 0 Å². The van der Waals surface area contributed by atoms with Crippen LogP contribution in [0.25, 0.3) is 0 Å². The number of allylic oxidation sites excluding steroid dienone is 2. The molecule has 0 aliphatic heterocycles. The molecule has 4 aliphatic carbocycles. The van der Waals surface area contributed by atoms with E-state index in [9.17, 15) is 27.0 Å². The fourth-order valence-corrected chi connectivity index (χ4v) is 10.3. The van der Waals surface area contributed by atoms with E-state index in [2.05, 4.69) is 31.0 Å². The molecule has 0 heterocycles. The Bertz CT molecular complexity index is 1140. The summed E-state index contributed by atoms with van der Waals surface area (Å²) in [4.78, 5) is 0. The summed E-state index contributed by atoms with van der Waals surface area (Å²) in [7, 11) is -8.99. The van der Waals surface area contributed by atoms with Gasteiger partial charge in [0.2, 0.25) is 0 Å². The molecule has 0 radical (unpaired) electrons. The van der Waals surface area contributed by atoms with Crippen LogP contribution >= 0.6 is 0 Å². The Kier molecular flexibility index (Phi) is 8.77. The molecule has 11 atom stereocenters. The van der Waals surface area contributed by atoms with Gasteiger partial charge in [-0.15, -0.1) is 0 Å². The number of hydrogen-bond donors (Lipinski definition) is 4. The van der Waals surface area contributed by atoms with Gasteiger partial charge in [0, 0.05) is 0 Å². The normalized spacial score (nSPS) is 44.4. The fraction of sp³-hybridized carbons (Fsp3) is 0.926. The van der Waals surface area contributed by atoms with Crippen molar-refractivity contribution >= 4 is 20.8 Å².